The van der Waals surface area contributed by atoms with Crippen LogP contribution in [0.4, 0.5) is 4.79 Å². The zero-order valence-corrected chi connectivity index (χ0v) is 14.2. The van der Waals surface area contributed by atoms with Gasteiger partial charge in [-0.05, 0) is 24.3 Å². The zero-order chi connectivity index (χ0) is 18.7. The van der Waals surface area contributed by atoms with Gasteiger partial charge in [0.15, 0.2) is 0 Å². The number of hydrogen-bond donors (Lipinski definition) is 2. The van der Waals surface area contributed by atoms with Gasteiger partial charge in [-0.25, -0.2) is 9.59 Å². The highest BCUT2D eigenvalue weighted by Gasteiger charge is 2.41. The van der Waals surface area contributed by atoms with E-state index in [4.69, 9.17) is 14.2 Å². The summed E-state index contributed by atoms with van der Waals surface area (Å²) in [6.45, 7) is 0.0807. The number of hydrogen-bond acceptors (Lipinski definition) is 7. The number of carbonyl (C=O) groups excluding carboxylic acids is 3. The van der Waals surface area contributed by atoms with Gasteiger partial charge in [-0.2, -0.15) is 0 Å². The van der Waals surface area contributed by atoms with Gasteiger partial charge in [-0.15, -0.1) is 0 Å². The third kappa shape index (κ3) is 3.94. The van der Waals surface area contributed by atoms with Crippen molar-refractivity contribution in [2.24, 2.45) is 0 Å². The first-order valence-electron chi connectivity index (χ1n) is 8.23. The van der Waals surface area contributed by atoms with Gasteiger partial charge in [0, 0.05) is 19.4 Å². The Morgan fingerprint density at radius 3 is 2.73 bits per heavy atom. The predicted molar refractivity (Wildman–Crippen MR) is 87.4 cm³/mol. The molecule has 9 heteroatoms. The maximum Gasteiger partial charge on any atom is 0.338 e. The minimum Gasteiger partial charge on any atom is -0.497 e. The van der Waals surface area contributed by atoms with E-state index in [0.29, 0.717) is 11.3 Å². The van der Waals surface area contributed by atoms with Crippen LogP contribution in [0, 0.1) is 0 Å². The molecule has 0 aliphatic carbocycles. The second kappa shape index (κ2) is 7.71. The molecule has 140 valence electrons. The number of amides is 3. The maximum atomic E-state index is 12.1. The van der Waals surface area contributed by atoms with Crippen LogP contribution in [0.15, 0.2) is 24.3 Å². The number of nitrogens with zero attached hydrogens (tertiary/aromatic N) is 1. The molecular formula is C17H20N2O7. The van der Waals surface area contributed by atoms with Crippen LogP contribution in [0.3, 0.4) is 0 Å². The molecule has 0 saturated carbocycles. The molecule has 0 unspecified atom stereocenters. The average Bonchev–Trinajstić information content (AvgIpc) is 3.00. The molecule has 2 N–H and O–H groups in total. The molecule has 2 heterocycles. The summed E-state index contributed by atoms with van der Waals surface area (Å²) >= 11 is 0. The van der Waals surface area contributed by atoms with E-state index in [-0.39, 0.29) is 31.9 Å². The quantitative estimate of drug-likeness (QED) is 0.721. The fraction of sp³-hybridized carbons (Fsp3) is 0.471. The smallest absolute Gasteiger partial charge is 0.338 e. The molecule has 0 radical (unpaired) electrons. The highest BCUT2D eigenvalue weighted by atomic mass is 16.6. The molecular weight excluding hydrogens is 344 g/mol. The second-order valence-electron chi connectivity index (χ2n) is 6.06. The van der Waals surface area contributed by atoms with Crippen molar-refractivity contribution < 1.29 is 33.7 Å². The Morgan fingerprint density at radius 2 is 2.08 bits per heavy atom. The van der Waals surface area contributed by atoms with Crippen molar-refractivity contribution in [3.05, 3.63) is 29.8 Å². The lowest BCUT2D eigenvalue weighted by atomic mass is 10.1. The van der Waals surface area contributed by atoms with Crippen LogP contribution in [0.1, 0.15) is 23.2 Å². The first-order valence-corrected chi connectivity index (χ1v) is 8.23. The van der Waals surface area contributed by atoms with Crippen molar-refractivity contribution in [2.45, 2.75) is 31.3 Å². The Balaban J connectivity index is 1.52. The van der Waals surface area contributed by atoms with Gasteiger partial charge in [0.2, 0.25) is 5.91 Å². The summed E-state index contributed by atoms with van der Waals surface area (Å²) in [6, 6.07) is 5.89. The molecule has 9 nitrogen and oxygen atoms in total. The lowest BCUT2D eigenvalue weighted by Gasteiger charge is -2.31. The molecule has 3 amide bonds. The van der Waals surface area contributed by atoms with Gasteiger partial charge in [0.05, 0.1) is 18.8 Å². The van der Waals surface area contributed by atoms with Gasteiger partial charge in [-0.1, -0.05) is 0 Å². The fourth-order valence-corrected chi connectivity index (χ4v) is 2.88. The molecule has 0 aromatic heterocycles. The van der Waals surface area contributed by atoms with Crippen LogP contribution >= 0.6 is 0 Å². The van der Waals surface area contributed by atoms with Crippen LogP contribution in [-0.2, 0) is 14.3 Å². The van der Waals surface area contributed by atoms with Gasteiger partial charge < -0.3 is 19.3 Å². The van der Waals surface area contributed by atoms with E-state index in [0.717, 1.165) is 0 Å². The summed E-state index contributed by atoms with van der Waals surface area (Å²) in [6.07, 6.45) is -1.92. The Kier molecular flexibility index (Phi) is 5.38. The first kappa shape index (κ1) is 18.2. The highest BCUT2D eigenvalue weighted by Crippen LogP contribution is 2.25. The zero-order valence-electron chi connectivity index (χ0n) is 14.2. The Hall–Kier alpha value is -2.65. The molecule has 2 aliphatic heterocycles. The minimum atomic E-state index is -0.880. The van der Waals surface area contributed by atoms with Crippen molar-refractivity contribution >= 4 is 17.9 Å². The molecule has 2 aliphatic rings. The number of aliphatic hydroxyl groups excluding tert-OH is 1. The Labute approximate surface area is 149 Å². The molecule has 3 rings (SSSR count). The van der Waals surface area contributed by atoms with E-state index in [9.17, 15) is 19.5 Å². The average molecular weight is 364 g/mol. The number of ether oxygens (including phenoxy) is 3. The predicted octanol–water partition coefficient (Wildman–Crippen LogP) is 0.270. The number of rotatable bonds is 5. The maximum absolute atomic E-state index is 12.1. The first-order chi connectivity index (χ1) is 12.5. The normalized spacial score (nSPS) is 25.8. The number of aliphatic hydroxyl groups is 1. The molecule has 2 saturated heterocycles. The largest absolute Gasteiger partial charge is 0.497 e. The number of methoxy groups -OCH3 is 1. The number of carbonyl (C=O) groups is 3. The minimum absolute atomic E-state index is 0.142. The van der Waals surface area contributed by atoms with E-state index < -0.39 is 30.4 Å². The SMILES string of the molecule is COc1ccc(C(=O)OC[C@H]2O[C@@H](N3CCC(=O)NC3=O)C[C@@H]2O)cc1. The molecule has 1 aromatic carbocycles. The summed E-state index contributed by atoms with van der Waals surface area (Å²) in [5.41, 5.74) is 0.351. The fourth-order valence-electron chi connectivity index (χ4n) is 2.88. The highest BCUT2D eigenvalue weighted by molar-refractivity contribution is 5.96. The summed E-state index contributed by atoms with van der Waals surface area (Å²) in [4.78, 5) is 36.5. The van der Waals surface area contributed by atoms with Crippen molar-refractivity contribution in [1.82, 2.24) is 10.2 Å². The molecule has 0 spiro atoms. The van der Waals surface area contributed by atoms with E-state index in [1.807, 2.05) is 0 Å². The number of benzene rings is 1. The van der Waals surface area contributed by atoms with Gasteiger partial charge in [0.25, 0.3) is 0 Å². The molecule has 3 atom stereocenters. The lowest BCUT2D eigenvalue weighted by molar-refractivity contribution is -0.124. The number of urea groups is 1. The van der Waals surface area contributed by atoms with Crippen LogP contribution in [0.25, 0.3) is 0 Å². The third-order valence-electron chi connectivity index (χ3n) is 4.34. The number of imide groups is 1. The molecule has 1 aromatic rings. The van der Waals surface area contributed by atoms with Crippen molar-refractivity contribution in [3.8, 4) is 5.75 Å². The van der Waals surface area contributed by atoms with E-state index >= 15 is 0 Å². The van der Waals surface area contributed by atoms with Crippen LogP contribution in [0.2, 0.25) is 0 Å². The van der Waals surface area contributed by atoms with Gasteiger partial charge >= 0.3 is 12.0 Å². The van der Waals surface area contributed by atoms with Crippen molar-refractivity contribution in [1.29, 1.82) is 0 Å². The summed E-state index contributed by atoms with van der Waals surface area (Å²) in [7, 11) is 1.53. The number of nitrogens with one attached hydrogen (secondary N) is 1. The molecule has 26 heavy (non-hydrogen) atoms. The van der Waals surface area contributed by atoms with Crippen LogP contribution in [-0.4, -0.2) is 66.6 Å². The Morgan fingerprint density at radius 1 is 1.35 bits per heavy atom. The number of esters is 1. The monoisotopic (exact) mass is 364 g/mol. The van der Waals surface area contributed by atoms with Crippen molar-refractivity contribution in [3.63, 3.8) is 0 Å². The van der Waals surface area contributed by atoms with E-state index in [1.165, 1.54) is 12.0 Å². The van der Waals surface area contributed by atoms with Gasteiger partial charge in [0.1, 0.15) is 24.7 Å². The summed E-state index contributed by atoms with van der Waals surface area (Å²) in [5.74, 6) is -0.264. The van der Waals surface area contributed by atoms with Crippen LogP contribution < -0.4 is 10.1 Å². The molecule has 2 fully saturated rings. The molecule has 0 bridgehead atoms. The van der Waals surface area contributed by atoms with Crippen LogP contribution in [0.5, 0.6) is 5.75 Å². The topological polar surface area (TPSA) is 114 Å². The summed E-state index contributed by atoms with van der Waals surface area (Å²) < 4.78 is 15.9. The van der Waals surface area contributed by atoms with E-state index in [2.05, 4.69) is 5.32 Å². The lowest BCUT2D eigenvalue weighted by Crippen LogP contribution is -2.53. The Bertz CT molecular complexity index is 691. The van der Waals surface area contributed by atoms with Gasteiger partial charge in [-0.3, -0.25) is 15.0 Å². The summed E-state index contributed by atoms with van der Waals surface area (Å²) in [5, 5.41) is 12.3. The van der Waals surface area contributed by atoms with E-state index in [1.54, 1.807) is 24.3 Å². The standard InChI is InChI=1S/C17H20N2O7/c1-24-11-4-2-10(3-5-11)16(22)25-9-13-12(20)8-15(26-13)19-7-6-14(21)18-17(19)23/h2-5,12-13,15,20H,6-9H2,1H3,(H,18,21,23)/t12-,13+,15+/m0/s1. The third-order valence-corrected chi connectivity index (χ3v) is 4.34. The second-order valence-corrected chi connectivity index (χ2v) is 6.06. The van der Waals surface area contributed by atoms with Crippen molar-refractivity contribution in [2.75, 3.05) is 20.3 Å².